The summed E-state index contributed by atoms with van der Waals surface area (Å²) < 4.78 is 7.22. The lowest BCUT2D eigenvalue weighted by Gasteiger charge is -2.22. The second-order valence-electron chi connectivity index (χ2n) is 8.41. The maximum atomic E-state index is 13.2. The number of esters is 1. The van der Waals surface area contributed by atoms with Gasteiger partial charge in [0.25, 0.3) is 5.91 Å². The lowest BCUT2D eigenvalue weighted by molar-refractivity contribution is -0.126. The second kappa shape index (κ2) is 11.5. The fourth-order valence-corrected chi connectivity index (χ4v) is 4.27. The van der Waals surface area contributed by atoms with Crippen molar-refractivity contribution in [3.8, 4) is 6.07 Å². The van der Waals surface area contributed by atoms with Crippen LogP contribution >= 0.6 is 0 Å². The average molecular weight is 464 g/mol. The number of carbonyl (C=O) groups is 2. The molecule has 180 valence electrons. The van der Waals surface area contributed by atoms with Crippen LogP contribution in [0, 0.1) is 25.2 Å². The third kappa shape index (κ3) is 5.66. The van der Waals surface area contributed by atoms with E-state index in [1.165, 1.54) is 6.20 Å². The molecule has 1 aliphatic rings. The van der Waals surface area contributed by atoms with Crippen LogP contribution in [0.3, 0.4) is 0 Å². The number of anilines is 1. The Labute approximate surface area is 201 Å². The summed E-state index contributed by atoms with van der Waals surface area (Å²) in [7, 11) is 0. The summed E-state index contributed by atoms with van der Waals surface area (Å²) in [6, 6.07) is 7.66. The SMILES string of the molecule is CCCn1c(C)cc(/C=C(/C#N)C(=O)N2CCCN(c3ccc(C(=O)OCC)cn3)CC2)c1C. The number of aryl methyl sites for hydroxylation is 1. The first-order valence-electron chi connectivity index (χ1n) is 11.9. The maximum absolute atomic E-state index is 13.2. The highest BCUT2D eigenvalue weighted by molar-refractivity contribution is 6.01. The van der Waals surface area contributed by atoms with Gasteiger partial charge in [-0.15, -0.1) is 0 Å². The summed E-state index contributed by atoms with van der Waals surface area (Å²) in [5.74, 6) is 0.123. The molecule has 2 aromatic heterocycles. The summed E-state index contributed by atoms with van der Waals surface area (Å²) in [6.07, 6.45) is 5.02. The van der Waals surface area contributed by atoms with Crippen molar-refractivity contribution in [2.75, 3.05) is 37.7 Å². The highest BCUT2D eigenvalue weighted by atomic mass is 16.5. The zero-order chi connectivity index (χ0) is 24.7. The standard InChI is InChI=1S/C26H33N5O3/c1-5-10-31-19(3)15-22(20(31)4)16-23(17-27)25(32)30-12-7-11-29(13-14-30)24-9-8-21(18-28-24)26(33)34-6-2/h8-9,15-16,18H,5-7,10-14H2,1-4H3/b23-16-. The summed E-state index contributed by atoms with van der Waals surface area (Å²) in [6.45, 7) is 11.6. The van der Waals surface area contributed by atoms with Gasteiger partial charge >= 0.3 is 5.97 Å². The molecular formula is C26H33N5O3. The van der Waals surface area contributed by atoms with Gasteiger partial charge in [-0.1, -0.05) is 6.92 Å². The van der Waals surface area contributed by atoms with Crippen molar-refractivity contribution in [2.24, 2.45) is 0 Å². The first-order chi connectivity index (χ1) is 16.4. The van der Waals surface area contributed by atoms with Gasteiger partial charge in [0.1, 0.15) is 17.5 Å². The van der Waals surface area contributed by atoms with Gasteiger partial charge < -0.3 is 19.1 Å². The molecule has 0 unspecified atom stereocenters. The Morgan fingerprint density at radius 2 is 1.97 bits per heavy atom. The predicted molar refractivity (Wildman–Crippen MR) is 131 cm³/mol. The zero-order valence-corrected chi connectivity index (χ0v) is 20.5. The fourth-order valence-electron chi connectivity index (χ4n) is 4.27. The van der Waals surface area contributed by atoms with Crippen LogP contribution in [0.25, 0.3) is 6.08 Å². The summed E-state index contributed by atoms with van der Waals surface area (Å²) in [4.78, 5) is 33.3. The van der Waals surface area contributed by atoms with Crippen molar-refractivity contribution in [3.05, 3.63) is 52.5 Å². The van der Waals surface area contributed by atoms with Crippen LogP contribution < -0.4 is 4.90 Å². The molecule has 2 aromatic rings. The summed E-state index contributed by atoms with van der Waals surface area (Å²) >= 11 is 0. The van der Waals surface area contributed by atoms with Crippen molar-refractivity contribution in [1.29, 1.82) is 5.26 Å². The number of aromatic nitrogens is 2. The van der Waals surface area contributed by atoms with E-state index in [2.05, 4.69) is 27.4 Å². The van der Waals surface area contributed by atoms with Gasteiger partial charge in [-0.25, -0.2) is 9.78 Å². The van der Waals surface area contributed by atoms with Crippen LogP contribution in [0.4, 0.5) is 5.82 Å². The number of hydrogen-bond donors (Lipinski definition) is 0. The molecule has 1 fully saturated rings. The van der Waals surface area contributed by atoms with Crippen LogP contribution in [-0.4, -0.2) is 59.1 Å². The van der Waals surface area contributed by atoms with Crippen LogP contribution in [0.15, 0.2) is 30.0 Å². The highest BCUT2D eigenvalue weighted by Gasteiger charge is 2.23. The van der Waals surface area contributed by atoms with Gasteiger partial charge in [0, 0.05) is 50.3 Å². The second-order valence-corrected chi connectivity index (χ2v) is 8.41. The van der Waals surface area contributed by atoms with Crippen molar-refractivity contribution < 1.29 is 14.3 Å². The Bertz CT molecular complexity index is 1090. The molecule has 8 heteroatoms. The topological polar surface area (TPSA) is 91.5 Å². The van der Waals surface area contributed by atoms with Crippen molar-refractivity contribution in [3.63, 3.8) is 0 Å². The first kappa shape index (κ1) is 25.0. The van der Waals surface area contributed by atoms with Gasteiger partial charge in [0.15, 0.2) is 0 Å². The zero-order valence-electron chi connectivity index (χ0n) is 20.5. The molecule has 0 aromatic carbocycles. The summed E-state index contributed by atoms with van der Waals surface area (Å²) in [5.41, 5.74) is 3.68. The van der Waals surface area contributed by atoms with E-state index in [4.69, 9.17) is 4.74 Å². The van der Waals surface area contributed by atoms with E-state index in [1.54, 1.807) is 30.0 Å². The highest BCUT2D eigenvalue weighted by Crippen LogP contribution is 2.21. The molecule has 3 rings (SSSR count). The molecule has 1 saturated heterocycles. The maximum Gasteiger partial charge on any atom is 0.339 e. The normalized spacial score (nSPS) is 14.5. The largest absolute Gasteiger partial charge is 0.462 e. The first-order valence-corrected chi connectivity index (χ1v) is 11.9. The quantitative estimate of drug-likeness (QED) is 0.353. The van der Waals surface area contributed by atoms with Gasteiger partial charge in [-0.05, 0) is 63.5 Å². The molecule has 0 atom stereocenters. The molecule has 8 nitrogen and oxygen atoms in total. The molecule has 0 bridgehead atoms. The molecule has 3 heterocycles. The lowest BCUT2D eigenvalue weighted by atomic mass is 10.1. The number of amides is 1. The Morgan fingerprint density at radius 3 is 2.62 bits per heavy atom. The van der Waals surface area contributed by atoms with Gasteiger partial charge in [0.2, 0.25) is 0 Å². The molecule has 0 aliphatic carbocycles. The minimum atomic E-state index is -0.388. The minimum absolute atomic E-state index is 0.155. The Kier molecular flexibility index (Phi) is 8.47. The van der Waals surface area contributed by atoms with E-state index in [9.17, 15) is 14.9 Å². The van der Waals surface area contributed by atoms with E-state index < -0.39 is 0 Å². The summed E-state index contributed by atoms with van der Waals surface area (Å²) in [5, 5.41) is 9.74. The van der Waals surface area contributed by atoms with Gasteiger partial charge in [-0.2, -0.15) is 5.26 Å². The van der Waals surface area contributed by atoms with Crippen LogP contribution in [0.5, 0.6) is 0 Å². The molecule has 0 spiro atoms. The molecular weight excluding hydrogens is 430 g/mol. The third-order valence-corrected chi connectivity index (χ3v) is 6.08. The van der Waals surface area contributed by atoms with Crippen LogP contribution in [0.2, 0.25) is 0 Å². The van der Waals surface area contributed by atoms with E-state index in [0.29, 0.717) is 31.8 Å². The van der Waals surface area contributed by atoms with E-state index in [1.807, 2.05) is 19.9 Å². The molecule has 0 radical (unpaired) electrons. The molecule has 0 N–H and O–H groups in total. The Hall–Kier alpha value is -3.60. The molecule has 1 amide bonds. The molecule has 34 heavy (non-hydrogen) atoms. The number of carbonyl (C=O) groups excluding carboxylic acids is 2. The van der Waals surface area contributed by atoms with E-state index in [-0.39, 0.29) is 17.4 Å². The number of pyridine rings is 1. The van der Waals surface area contributed by atoms with E-state index in [0.717, 1.165) is 48.7 Å². The van der Waals surface area contributed by atoms with Crippen molar-refractivity contribution in [2.45, 2.75) is 47.1 Å². The minimum Gasteiger partial charge on any atom is -0.462 e. The number of rotatable bonds is 7. The molecule has 0 saturated carbocycles. The number of ether oxygens (including phenoxy) is 1. The van der Waals surface area contributed by atoms with Crippen LogP contribution in [-0.2, 0) is 16.1 Å². The van der Waals surface area contributed by atoms with Crippen LogP contribution in [0.1, 0.15) is 54.0 Å². The predicted octanol–water partition coefficient (Wildman–Crippen LogP) is 3.73. The Balaban J connectivity index is 1.70. The molecule has 1 aliphatic heterocycles. The van der Waals surface area contributed by atoms with Crippen molar-refractivity contribution in [1.82, 2.24) is 14.5 Å². The average Bonchev–Trinajstić information content (AvgIpc) is 3.01. The monoisotopic (exact) mass is 463 g/mol. The number of hydrogen-bond acceptors (Lipinski definition) is 6. The lowest BCUT2D eigenvalue weighted by Crippen LogP contribution is -2.36. The van der Waals surface area contributed by atoms with Crippen molar-refractivity contribution >= 4 is 23.8 Å². The fraction of sp³-hybridized carbons (Fsp3) is 0.462. The van der Waals surface area contributed by atoms with Gasteiger partial charge in [-0.3, -0.25) is 4.79 Å². The third-order valence-electron chi connectivity index (χ3n) is 6.08. The Morgan fingerprint density at radius 1 is 1.18 bits per heavy atom. The number of nitriles is 1. The smallest absolute Gasteiger partial charge is 0.339 e. The van der Waals surface area contributed by atoms with E-state index >= 15 is 0 Å². The van der Waals surface area contributed by atoms with Gasteiger partial charge in [0.05, 0.1) is 12.2 Å². The number of nitrogens with zero attached hydrogens (tertiary/aromatic N) is 5.